The summed E-state index contributed by atoms with van der Waals surface area (Å²) in [7, 11) is -6.25. The molecular formula is C18H30O4SSi. The van der Waals surface area contributed by atoms with Gasteiger partial charge in [0.1, 0.15) is 0 Å². The average Bonchev–Trinajstić information content (AvgIpc) is 2.32. The minimum absolute atomic E-state index is 0.00629. The van der Waals surface area contributed by atoms with Crippen LogP contribution in [0, 0.1) is 13.8 Å². The molecule has 1 aliphatic rings. The molecule has 0 bridgehead atoms. The van der Waals surface area contributed by atoms with Crippen LogP contribution in [0.5, 0.6) is 0 Å². The van der Waals surface area contributed by atoms with Crippen LogP contribution in [0.1, 0.15) is 56.7 Å². The standard InChI is InChI=1S/C18H30O4SSi/c1-13-9-10-15(23(19,20)21)14(2)16(13)18(11-8-12-18)22-24(6,7)17(3,4)5/h9-10H,8,11-12H2,1-7H3,(H,19,20,21). The first-order valence-electron chi connectivity index (χ1n) is 8.50. The van der Waals surface area contributed by atoms with Crippen molar-refractivity contribution in [1.29, 1.82) is 0 Å². The second-order valence-corrected chi connectivity index (χ2v) is 14.7. The van der Waals surface area contributed by atoms with E-state index < -0.39 is 24.0 Å². The van der Waals surface area contributed by atoms with Gasteiger partial charge in [0.2, 0.25) is 0 Å². The highest BCUT2D eigenvalue weighted by molar-refractivity contribution is 7.85. The SMILES string of the molecule is Cc1ccc(S(=O)(=O)O)c(C)c1C1(O[Si](C)(C)C(C)(C)C)CCC1. The van der Waals surface area contributed by atoms with E-state index in [0.29, 0.717) is 5.56 Å². The molecule has 1 N–H and O–H groups in total. The van der Waals surface area contributed by atoms with Gasteiger partial charge in [-0.15, -0.1) is 0 Å². The largest absolute Gasteiger partial charge is 0.407 e. The van der Waals surface area contributed by atoms with Crippen LogP contribution in [0.4, 0.5) is 0 Å². The van der Waals surface area contributed by atoms with Crippen molar-refractivity contribution in [2.75, 3.05) is 0 Å². The van der Waals surface area contributed by atoms with E-state index in [1.54, 1.807) is 13.0 Å². The molecule has 0 saturated heterocycles. The zero-order valence-corrected chi connectivity index (χ0v) is 17.7. The van der Waals surface area contributed by atoms with Crippen molar-refractivity contribution in [2.45, 2.75) is 82.5 Å². The summed E-state index contributed by atoms with van der Waals surface area (Å²) >= 11 is 0. The molecule has 0 atom stereocenters. The third-order valence-electron chi connectivity index (χ3n) is 5.78. The molecule has 24 heavy (non-hydrogen) atoms. The van der Waals surface area contributed by atoms with Crippen LogP contribution in [0.3, 0.4) is 0 Å². The van der Waals surface area contributed by atoms with E-state index in [4.69, 9.17) is 4.43 Å². The van der Waals surface area contributed by atoms with Crippen molar-refractivity contribution in [3.63, 3.8) is 0 Å². The Morgan fingerprint density at radius 1 is 1.17 bits per heavy atom. The first-order chi connectivity index (χ1) is 10.7. The summed E-state index contributed by atoms with van der Waals surface area (Å²) in [5.41, 5.74) is 2.18. The normalized spacial score (nSPS) is 18.3. The summed E-state index contributed by atoms with van der Waals surface area (Å²) in [5, 5.41) is 0.0814. The summed E-state index contributed by atoms with van der Waals surface area (Å²) in [4.78, 5) is -0.00629. The zero-order valence-electron chi connectivity index (χ0n) is 15.9. The Morgan fingerprint density at radius 2 is 1.71 bits per heavy atom. The van der Waals surface area contributed by atoms with Gasteiger partial charge < -0.3 is 4.43 Å². The van der Waals surface area contributed by atoms with Crippen molar-refractivity contribution in [3.05, 3.63) is 28.8 Å². The van der Waals surface area contributed by atoms with E-state index in [-0.39, 0.29) is 9.93 Å². The number of hydrogen-bond acceptors (Lipinski definition) is 3. The summed E-state index contributed by atoms with van der Waals surface area (Å²) in [6.45, 7) is 14.8. The zero-order chi connectivity index (χ0) is 18.6. The Morgan fingerprint density at radius 3 is 2.08 bits per heavy atom. The Hall–Kier alpha value is -0.693. The molecule has 1 saturated carbocycles. The monoisotopic (exact) mass is 370 g/mol. The van der Waals surface area contributed by atoms with Crippen molar-refractivity contribution in [2.24, 2.45) is 0 Å². The fourth-order valence-corrected chi connectivity index (χ4v) is 5.67. The van der Waals surface area contributed by atoms with Gasteiger partial charge in [0, 0.05) is 0 Å². The van der Waals surface area contributed by atoms with Crippen LogP contribution in [0.25, 0.3) is 0 Å². The third-order valence-corrected chi connectivity index (χ3v) is 11.3. The van der Waals surface area contributed by atoms with Gasteiger partial charge in [0.25, 0.3) is 10.1 Å². The first kappa shape index (κ1) is 19.6. The molecule has 6 heteroatoms. The third kappa shape index (κ3) is 3.34. The van der Waals surface area contributed by atoms with Crippen LogP contribution in [0.15, 0.2) is 17.0 Å². The smallest absolute Gasteiger partial charge is 0.294 e. The Kier molecular flexibility index (Phi) is 4.85. The van der Waals surface area contributed by atoms with E-state index in [1.165, 1.54) is 6.07 Å². The van der Waals surface area contributed by atoms with E-state index in [0.717, 1.165) is 30.4 Å². The molecule has 4 nitrogen and oxygen atoms in total. The lowest BCUT2D eigenvalue weighted by molar-refractivity contribution is -0.0265. The highest BCUT2D eigenvalue weighted by atomic mass is 32.2. The maximum atomic E-state index is 11.7. The quantitative estimate of drug-likeness (QED) is 0.601. The van der Waals surface area contributed by atoms with Crippen molar-refractivity contribution in [1.82, 2.24) is 0 Å². The topological polar surface area (TPSA) is 63.6 Å². The first-order valence-corrected chi connectivity index (χ1v) is 12.8. The average molecular weight is 371 g/mol. The molecule has 1 aliphatic carbocycles. The van der Waals surface area contributed by atoms with Gasteiger partial charge in [-0.3, -0.25) is 4.55 Å². The number of aryl methyl sites for hydroxylation is 1. The molecule has 0 heterocycles. The maximum absolute atomic E-state index is 11.7. The van der Waals surface area contributed by atoms with Gasteiger partial charge in [-0.2, -0.15) is 8.42 Å². The molecule has 1 fully saturated rings. The van der Waals surface area contributed by atoms with Crippen LogP contribution in [-0.4, -0.2) is 21.3 Å². The number of hydrogen-bond donors (Lipinski definition) is 1. The maximum Gasteiger partial charge on any atom is 0.294 e. The molecule has 0 radical (unpaired) electrons. The van der Waals surface area contributed by atoms with E-state index >= 15 is 0 Å². The molecule has 136 valence electrons. The summed E-state index contributed by atoms with van der Waals surface area (Å²) < 4.78 is 39.8. The predicted molar refractivity (Wildman–Crippen MR) is 99.5 cm³/mol. The van der Waals surface area contributed by atoms with E-state index in [9.17, 15) is 13.0 Å². The Bertz CT molecular complexity index is 741. The lowest BCUT2D eigenvalue weighted by Crippen LogP contribution is -2.51. The van der Waals surface area contributed by atoms with Crippen LogP contribution >= 0.6 is 0 Å². The fraction of sp³-hybridized carbons (Fsp3) is 0.667. The van der Waals surface area contributed by atoms with Gasteiger partial charge in [-0.25, -0.2) is 0 Å². The van der Waals surface area contributed by atoms with Crippen molar-refractivity contribution < 1.29 is 17.4 Å². The van der Waals surface area contributed by atoms with Gasteiger partial charge >= 0.3 is 0 Å². The minimum atomic E-state index is -4.23. The molecule has 0 unspecified atom stereocenters. The molecule has 1 aromatic carbocycles. The Labute approximate surface area is 147 Å². The number of rotatable bonds is 4. The molecule has 2 rings (SSSR count). The van der Waals surface area contributed by atoms with Crippen LogP contribution in [-0.2, 0) is 20.1 Å². The van der Waals surface area contributed by atoms with Gasteiger partial charge in [-0.05, 0) is 74.0 Å². The molecule has 0 aromatic heterocycles. The number of benzene rings is 1. The van der Waals surface area contributed by atoms with Crippen LogP contribution < -0.4 is 0 Å². The Balaban J connectivity index is 2.60. The summed E-state index contributed by atoms with van der Waals surface area (Å²) in [5.74, 6) is 0. The molecular weight excluding hydrogens is 340 g/mol. The molecule has 0 spiro atoms. The molecule has 1 aromatic rings. The lowest BCUT2D eigenvalue weighted by atomic mass is 9.72. The van der Waals surface area contributed by atoms with Gasteiger partial charge in [0.05, 0.1) is 10.5 Å². The minimum Gasteiger partial charge on any atom is -0.407 e. The van der Waals surface area contributed by atoms with Gasteiger partial charge in [0.15, 0.2) is 8.32 Å². The summed E-state index contributed by atoms with van der Waals surface area (Å²) in [6.07, 6.45) is 2.87. The van der Waals surface area contributed by atoms with Crippen molar-refractivity contribution in [3.8, 4) is 0 Å². The van der Waals surface area contributed by atoms with E-state index in [2.05, 4.69) is 33.9 Å². The predicted octanol–water partition coefficient (Wildman–Crippen LogP) is 4.95. The second-order valence-electron chi connectivity index (χ2n) is 8.57. The fourth-order valence-electron chi connectivity index (χ4n) is 3.35. The summed E-state index contributed by atoms with van der Waals surface area (Å²) in [6, 6.07) is 3.27. The van der Waals surface area contributed by atoms with Crippen molar-refractivity contribution >= 4 is 18.4 Å². The molecule has 0 aliphatic heterocycles. The second kappa shape index (κ2) is 5.94. The highest BCUT2D eigenvalue weighted by Crippen LogP contribution is 2.52. The molecule has 0 amide bonds. The van der Waals surface area contributed by atoms with Gasteiger partial charge in [-0.1, -0.05) is 26.8 Å². The lowest BCUT2D eigenvalue weighted by Gasteiger charge is -2.51. The van der Waals surface area contributed by atoms with Crippen LogP contribution in [0.2, 0.25) is 18.1 Å². The van der Waals surface area contributed by atoms with E-state index in [1.807, 2.05) is 6.92 Å². The highest BCUT2D eigenvalue weighted by Gasteiger charge is 2.50.